The Hall–Kier alpha value is -4.52. The molecule has 0 unspecified atom stereocenters. The molecule has 0 aliphatic carbocycles. The van der Waals surface area contributed by atoms with Gasteiger partial charge in [0.1, 0.15) is 16.8 Å². The molecule has 1 amide bonds. The van der Waals surface area contributed by atoms with E-state index >= 15 is 0 Å². The summed E-state index contributed by atoms with van der Waals surface area (Å²) in [5.41, 5.74) is 3.76. The van der Waals surface area contributed by atoms with Crippen molar-refractivity contribution in [1.29, 1.82) is 5.41 Å². The number of carbonyl (C=O) groups is 1. The van der Waals surface area contributed by atoms with Crippen LogP contribution < -0.4 is 16.4 Å². The average Bonchev–Trinajstić information content (AvgIpc) is 2.90. The number of hydrogen-bond donors (Lipinski definition) is 2. The zero-order chi connectivity index (χ0) is 25.2. The predicted molar refractivity (Wildman–Crippen MR) is 140 cm³/mol. The molecule has 3 aromatic heterocycles. The number of fused-ring (bicyclic) bond motifs is 2. The third-order valence-corrected chi connectivity index (χ3v) is 6.49. The van der Waals surface area contributed by atoms with E-state index < -0.39 is 5.91 Å². The van der Waals surface area contributed by atoms with Crippen molar-refractivity contribution in [3.63, 3.8) is 0 Å². The lowest BCUT2D eigenvalue weighted by Crippen LogP contribution is -2.36. The first-order chi connectivity index (χ1) is 17.4. The molecule has 0 radical (unpaired) electrons. The molecule has 7 heteroatoms. The van der Waals surface area contributed by atoms with Crippen molar-refractivity contribution in [2.24, 2.45) is 0 Å². The topological polar surface area (TPSA) is 92.3 Å². The predicted octanol–water partition coefficient (Wildman–Crippen LogP) is 4.17. The number of amides is 1. The number of nitrogens with one attached hydrogen (secondary N) is 2. The molecule has 0 aliphatic heterocycles. The van der Waals surface area contributed by atoms with Gasteiger partial charge in [-0.3, -0.25) is 19.4 Å². The summed E-state index contributed by atoms with van der Waals surface area (Å²) < 4.78 is 3.18. The Balaban J connectivity index is 1.66. The lowest BCUT2D eigenvalue weighted by atomic mass is 10.1. The van der Waals surface area contributed by atoms with E-state index in [1.54, 1.807) is 16.8 Å². The van der Waals surface area contributed by atoms with Crippen LogP contribution in [0.2, 0.25) is 0 Å². The van der Waals surface area contributed by atoms with Crippen LogP contribution in [0.5, 0.6) is 0 Å². The van der Waals surface area contributed by atoms with Crippen LogP contribution >= 0.6 is 0 Å². The van der Waals surface area contributed by atoms with E-state index in [9.17, 15) is 9.59 Å². The molecule has 2 aromatic carbocycles. The van der Waals surface area contributed by atoms with Crippen LogP contribution in [0.25, 0.3) is 16.7 Å². The second-order valence-corrected chi connectivity index (χ2v) is 8.94. The van der Waals surface area contributed by atoms with Crippen LogP contribution in [-0.4, -0.2) is 19.9 Å². The maximum absolute atomic E-state index is 13.5. The number of carbonyl (C=O) groups excluding carboxylic acids is 1. The van der Waals surface area contributed by atoms with Gasteiger partial charge in [-0.2, -0.15) is 0 Å². The number of hydrogen-bond acceptors (Lipinski definition) is 4. The van der Waals surface area contributed by atoms with Crippen molar-refractivity contribution in [2.75, 3.05) is 0 Å². The van der Waals surface area contributed by atoms with Crippen molar-refractivity contribution in [3.05, 3.63) is 123 Å². The number of pyridine rings is 2. The average molecular weight is 478 g/mol. The molecular formula is C29H27N5O2. The molecule has 5 rings (SSSR count). The number of rotatable bonds is 6. The monoisotopic (exact) mass is 477 g/mol. The molecule has 3 heterocycles. The standard InChI is InChI=1S/C29H27N5O2/c1-19-10-9-16-34-26(19)32-27-24(29(34)36)18-23(28(35)31-20(2)22-13-7-4-8-14-22)25(30)33(27)17-15-21-11-5-3-6-12-21/h3-14,16,18,20,30H,15,17H2,1-2H3,(H,31,35)/t20-/m1/s1. The molecule has 180 valence electrons. The van der Waals surface area contributed by atoms with Crippen LogP contribution in [0.15, 0.2) is 89.9 Å². The van der Waals surface area contributed by atoms with Crippen molar-refractivity contribution in [3.8, 4) is 0 Å². The summed E-state index contributed by atoms with van der Waals surface area (Å²) in [6.45, 7) is 4.20. The Morgan fingerprint density at radius 1 is 1.00 bits per heavy atom. The van der Waals surface area contributed by atoms with E-state index in [0.717, 1.165) is 16.7 Å². The van der Waals surface area contributed by atoms with E-state index in [1.807, 2.05) is 80.6 Å². The molecule has 0 fully saturated rings. The first kappa shape index (κ1) is 23.2. The van der Waals surface area contributed by atoms with Crippen molar-refractivity contribution in [2.45, 2.75) is 32.9 Å². The SMILES string of the molecule is Cc1cccn2c(=O)c3cc(C(=O)N[C@H](C)c4ccccc4)c(=N)n(CCc4ccccc4)c3nc12. The Morgan fingerprint density at radius 3 is 2.42 bits per heavy atom. The van der Waals surface area contributed by atoms with E-state index in [1.165, 1.54) is 10.5 Å². The van der Waals surface area contributed by atoms with Gasteiger partial charge in [-0.05, 0) is 49.1 Å². The van der Waals surface area contributed by atoms with E-state index in [0.29, 0.717) is 29.6 Å². The number of aryl methyl sites for hydroxylation is 3. The van der Waals surface area contributed by atoms with Crippen LogP contribution in [0.3, 0.4) is 0 Å². The molecule has 2 N–H and O–H groups in total. The van der Waals surface area contributed by atoms with Gasteiger partial charge in [0.25, 0.3) is 11.5 Å². The first-order valence-electron chi connectivity index (χ1n) is 11.9. The quantitative estimate of drug-likeness (QED) is 0.360. The van der Waals surface area contributed by atoms with Crippen LogP contribution in [0.1, 0.15) is 40.0 Å². The zero-order valence-electron chi connectivity index (χ0n) is 20.2. The minimum atomic E-state index is -0.402. The summed E-state index contributed by atoms with van der Waals surface area (Å²) in [7, 11) is 0. The summed E-state index contributed by atoms with van der Waals surface area (Å²) in [6, 6.07) is 24.5. The minimum absolute atomic E-state index is 0.0287. The molecule has 36 heavy (non-hydrogen) atoms. The van der Waals surface area contributed by atoms with E-state index in [2.05, 4.69) is 5.32 Å². The van der Waals surface area contributed by atoms with E-state index in [4.69, 9.17) is 10.4 Å². The second kappa shape index (κ2) is 9.62. The third kappa shape index (κ3) is 4.31. The zero-order valence-corrected chi connectivity index (χ0v) is 20.2. The smallest absolute Gasteiger partial charge is 0.267 e. The van der Waals surface area contributed by atoms with Crippen LogP contribution in [-0.2, 0) is 13.0 Å². The Labute approximate surface area is 208 Å². The summed E-state index contributed by atoms with van der Waals surface area (Å²) >= 11 is 0. The van der Waals surface area contributed by atoms with Gasteiger partial charge in [0.15, 0.2) is 0 Å². The second-order valence-electron chi connectivity index (χ2n) is 8.94. The fourth-order valence-electron chi connectivity index (χ4n) is 4.47. The summed E-state index contributed by atoms with van der Waals surface area (Å²) in [5, 5.41) is 12.2. The molecule has 0 saturated carbocycles. The highest BCUT2D eigenvalue weighted by atomic mass is 16.2. The summed E-state index contributed by atoms with van der Waals surface area (Å²) in [5.74, 6) is -0.402. The Morgan fingerprint density at radius 2 is 1.69 bits per heavy atom. The van der Waals surface area contributed by atoms with Gasteiger partial charge in [0.05, 0.1) is 17.0 Å². The molecule has 5 aromatic rings. The van der Waals surface area contributed by atoms with Crippen molar-refractivity contribution >= 4 is 22.6 Å². The lowest BCUT2D eigenvalue weighted by Gasteiger charge is -2.17. The minimum Gasteiger partial charge on any atom is -0.345 e. The lowest BCUT2D eigenvalue weighted by molar-refractivity contribution is 0.0937. The highest BCUT2D eigenvalue weighted by Gasteiger charge is 2.19. The molecule has 0 bridgehead atoms. The highest BCUT2D eigenvalue weighted by Crippen LogP contribution is 2.16. The molecule has 0 spiro atoms. The molecule has 7 nitrogen and oxygen atoms in total. The van der Waals surface area contributed by atoms with E-state index in [-0.39, 0.29) is 22.7 Å². The number of benzene rings is 2. The van der Waals surface area contributed by atoms with Gasteiger partial charge in [-0.15, -0.1) is 0 Å². The Kier molecular flexibility index (Phi) is 6.21. The van der Waals surface area contributed by atoms with Gasteiger partial charge in [-0.1, -0.05) is 66.7 Å². The van der Waals surface area contributed by atoms with Crippen LogP contribution in [0, 0.1) is 12.3 Å². The van der Waals surface area contributed by atoms with Crippen molar-refractivity contribution in [1.82, 2.24) is 19.3 Å². The van der Waals surface area contributed by atoms with Gasteiger partial charge in [0, 0.05) is 12.7 Å². The fourth-order valence-corrected chi connectivity index (χ4v) is 4.47. The fraction of sp³-hybridized carbons (Fsp3) is 0.172. The van der Waals surface area contributed by atoms with Crippen LogP contribution in [0.4, 0.5) is 0 Å². The number of aromatic nitrogens is 3. The molecular weight excluding hydrogens is 450 g/mol. The largest absolute Gasteiger partial charge is 0.345 e. The first-order valence-corrected chi connectivity index (χ1v) is 11.9. The Bertz CT molecular complexity index is 1690. The maximum Gasteiger partial charge on any atom is 0.267 e. The van der Waals surface area contributed by atoms with Gasteiger partial charge >= 0.3 is 0 Å². The molecule has 0 aliphatic rings. The van der Waals surface area contributed by atoms with Gasteiger partial charge in [-0.25, -0.2) is 4.98 Å². The van der Waals surface area contributed by atoms with Gasteiger partial charge < -0.3 is 9.88 Å². The molecule has 1 atom stereocenters. The normalized spacial score (nSPS) is 12.1. The third-order valence-electron chi connectivity index (χ3n) is 6.49. The maximum atomic E-state index is 13.5. The highest BCUT2D eigenvalue weighted by molar-refractivity contribution is 5.97. The summed E-state index contributed by atoms with van der Waals surface area (Å²) in [4.78, 5) is 31.7. The number of nitrogens with zero attached hydrogens (tertiary/aromatic N) is 3. The summed E-state index contributed by atoms with van der Waals surface area (Å²) in [6.07, 6.45) is 2.31. The van der Waals surface area contributed by atoms with Crippen molar-refractivity contribution < 1.29 is 4.79 Å². The van der Waals surface area contributed by atoms with Gasteiger partial charge in [0.2, 0.25) is 0 Å². The molecule has 0 saturated heterocycles.